The van der Waals surface area contributed by atoms with Gasteiger partial charge in [-0.05, 0) is 17.5 Å². The summed E-state index contributed by atoms with van der Waals surface area (Å²) in [5.74, 6) is 6.18. The molecule has 0 bridgehead atoms. The van der Waals surface area contributed by atoms with Gasteiger partial charge in [-0.3, -0.25) is 0 Å². The van der Waals surface area contributed by atoms with E-state index in [1.165, 1.54) is 0 Å². The topological polar surface area (TPSA) is 58.6 Å². The maximum absolute atomic E-state index is 11.5. The van der Waals surface area contributed by atoms with Crippen molar-refractivity contribution in [1.29, 1.82) is 0 Å². The molecule has 4 nitrogen and oxygen atoms in total. The molecule has 0 atom stereocenters. The molecule has 108 valence electrons. The SMILES string of the molecule is CC(C)COC(=O)NCc1ccccc1C#CCCO. The Morgan fingerprint density at radius 1 is 1.40 bits per heavy atom. The van der Waals surface area contributed by atoms with Gasteiger partial charge in [0.2, 0.25) is 0 Å². The van der Waals surface area contributed by atoms with Crippen molar-refractivity contribution in [3.63, 3.8) is 0 Å². The van der Waals surface area contributed by atoms with Crippen molar-refractivity contribution in [2.24, 2.45) is 5.92 Å². The van der Waals surface area contributed by atoms with E-state index in [1.807, 2.05) is 38.1 Å². The average Bonchev–Trinajstić information content (AvgIpc) is 2.44. The molecule has 1 aromatic rings. The number of rotatable bonds is 5. The molecule has 1 aromatic carbocycles. The maximum Gasteiger partial charge on any atom is 0.407 e. The number of hydrogen-bond donors (Lipinski definition) is 2. The minimum absolute atomic E-state index is 0.0505. The Morgan fingerprint density at radius 3 is 2.85 bits per heavy atom. The Hall–Kier alpha value is -1.99. The zero-order valence-electron chi connectivity index (χ0n) is 12.0. The average molecular weight is 275 g/mol. The lowest BCUT2D eigenvalue weighted by molar-refractivity contribution is 0.132. The lowest BCUT2D eigenvalue weighted by Gasteiger charge is -2.09. The molecule has 0 aromatic heterocycles. The zero-order chi connectivity index (χ0) is 14.8. The van der Waals surface area contributed by atoms with Crippen LogP contribution in [0.4, 0.5) is 4.79 Å². The van der Waals surface area contributed by atoms with E-state index in [9.17, 15) is 4.79 Å². The molecule has 4 heteroatoms. The highest BCUT2D eigenvalue weighted by Gasteiger charge is 2.05. The summed E-state index contributed by atoms with van der Waals surface area (Å²) in [4.78, 5) is 11.5. The molecular formula is C16H21NO3. The summed E-state index contributed by atoms with van der Waals surface area (Å²) in [6.45, 7) is 4.80. The first-order valence-electron chi connectivity index (χ1n) is 6.71. The summed E-state index contributed by atoms with van der Waals surface area (Å²) in [5.41, 5.74) is 1.78. The van der Waals surface area contributed by atoms with Gasteiger partial charge >= 0.3 is 6.09 Å². The number of ether oxygens (including phenoxy) is 1. The maximum atomic E-state index is 11.5. The number of alkyl carbamates (subject to hydrolysis) is 1. The van der Waals surface area contributed by atoms with Crippen LogP contribution in [0.5, 0.6) is 0 Å². The van der Waals surface area contributed by atoms with Crippen LogP contribution in [0.3, 0.4) is 0 Å². The highest BCUT2D eigenvalue weighted by Crippen LogP contribution is 2.07. The van der Waals surface area contributed by atoms with Crippen molar-refractivity contribution >= 4 is 6.09 Å². The van der Waals surface area contributed by atoms with E-state index in [1.54, 1.807) is 0 Å². The van der Waals surface area contributed by atoms with Gasteiger partial charge in [0, 0.05) is 18.5 Å². The number of amides is 1. The van der Waals surface area contributed by atoms with Gasteiger partial charge in [0.15, 0.2) is 0 Å². The molecule has 20 heavy (non-hydrogen) atoms. The first-order valence-corrected chi connectivity index (χ1v) is 6.71. The molecule has 0 aliphatic rings. The number of benzene rings is 1. The summed E-state index contributed by atoms with van der Waals surface area (Å²) in [6.07, 6.45) is 0.0230. The van der Waals surface area contributed by atoms with Crippen LogP contribution in [0.15, 0.2) is 24.3 Å². The zero-order valence-corrected chi connectivity index (χ0v) is 12.0. The summed E-state index contributed by atoms with van der Waals surface area (Å²) in [7, 11) is 0. The fraction of sp³-hybridized carbons (Fsp3) is 0.438. The molecule has 0 heterocycles. The second kappa shape index (κ2) is 9.00. The lowest BCUT2D eigenvalue weighted by atomic mass is 10.1. The van der Waals surface area contributed by atoms with Crippen molar-refractivity contribution in [3.8, 4) is 11.8 Å². The van der Waals surface area contributed by atoms with E-state index in [0.717, 1.165) is 11.1 Å². The van der Waals surface area contributed by atoms with Gasteiger partial charge in [-0.1, -0.05) is 43.9 Å². The predicted molar refractivity (Wildman–Crippen MR) is 78.0 cm³/mol. The number of carbonyl (C=O) groups excluding carboxylic acids is 1. The van der Waals surface area contributed by atoms with Crippen molar-refractivity contribution in [3.05, 3.63) is 35.4 Å². The van der Waals surface area contributed by atoms with E-state index >= 15 is 0 Å². The van der Waals surface area contributed by atoms with Crippen LogP contribution < -0.4 is 5.32 Å². The van der Waals surface area contributed by atoms with Gasteiger partial charge in [0.25, 0.3) is 0 Å². The fourth-order valence-electron chi connectivity index (χ4n) is 1.47. The Balaban J connectivity index is 2.55. The van der Waals surface area contributed by atoms with Gasteiger partial charge < -0.3 is 15.2 Å². The molecule has 0 fully saturated rings. The normalized spacial score (nSPS) is 9.80. The van der Waals surface area contributed by atoms with Crippen LogP contribution in [-0.4, -0.2) is 24.4 Å². The summed E-state index contributed by atoms with van der Waals surface area (Å²) in [5, 5.41) is 11.4. The van der Waals surface area contributed by atoms with Crippen molar-refractivity contribution in [1.82, 2.24) is 5.32 Å². The van der Waals surface area contributed by atoms with E-state index in [-0.39, 0.29) is 6.61 Å². The predicted octanol–water partition coefficient (Wildman–Crippen LogP) is 2.30. The number of nitrogens with one attached hydrogen (secondary N) is 1. The molecular weight excluding hydrogens is 254 g/mol. The van der Waals surface area contributed by atoms with Gasteiger partial charge in [-0.2, -0.15) is 0 Å². The van der Waals surface area contributed by atoms with Gasteiger partial charge in [-0.15, -0.1) is 0 Å². The number of aliphatic hydroxyl groups excluding tert-OH is 1. The summed E-state index contributed by atoms with van der Waals surface area (Å²) < 4.78 is 5.04. The number of hydrogen-bond acceptors (Lipinski definition) is 3. The third-order valence-electron chi connectivity index (χ3n) is 2.45. The minimum atomic E-state index is -0.420. The third-order valence-corrected chi connectivity index (χ3v) is 2.45. The van der Waals surface area contributed by atoms with Gasteiger partial charge in [0.1, 0.15) is 0 Å². The van der Waals surface area contributed by atoms with E-state index in [0.29, 0.717) is 25.5 Å². The first-order chi connectivity index (χ1) is 9.63. The largest absolute Gasteiger partial charge is 0.449 e. The number of aliphatic hydroxyl groups is 1. The fourth-order valence-corrected chi connectivity index (χ4v) is 1.47. The molecule has 2 N–H and O–H groups in total. The van der Waals surface area contributed by atoms with Crippen LogP contribution in [0, 0.1) is 17.8 Å². The van der Waals surface area contributed by atoms with Crippen LogP contribution in [0.1, 0.15) is 31.4 Å². The molecule has 0 unspecified atom stereocenters. The first kappa shape index (κ1) is 16.1. The van der Waals surface area contributed by atoms with Crippen LogP contribution in [0.25, 0.3) is 0 Å². The minimum Gasteiger partial charge on any atom is -0.449 e. The Bertz CT molecular complexity index is 486. The quantitative estimate of drug-likeness (QED) is 0.811. The Labute approximate surface area is 120 Å². The molecule has 0 aliphatic carbocycles. The molecule has 0 saturated carbocycles. The van der Waals surface area contributed by atoms with Gasteiger partial charge in [0.05, 0.1) is 13.2 Å². The van der Waals surface area contributed by atoms with Crippen molar-refractivity contribution in [2.75, 3.05) is 13.2 Å². The van der Waals surface area contributed by atoms with Crippen LogP contribution >= 0.6 is 0 Å². The molecule has 0 spiro atoms. The van der Waals surface area contributed by atoms with Crippen LogP contribution in [-0.2, 0) is 11.3 Å². The van der Waals surface area contributed by atoms with E-state index in [4.69, 9.17) is 9.84 Å². The molecule has 1 amide bonds. The lowest BCUT2D eigenvalue weighted by Crippen LogP contribution is -2.25. The van der Waals surface area contributed by atoms with E-state index < -0.39 is 6.09 Å². The molecule has 0 radical (unpaired) electrons. The van der Waals surface area contributed by atoms with Gasteiger partial charge in [-0.25, -0.2) is 4.79 Å². The molecule has 0 saturated heterocycles. The Morgan fingerprint density at radius 2 is 2.15 bits per heavy atom. The summed E-state index contributed by atoms with van der Waals surface area (Å²) >= 11 is 0. The number of carbonyl (C=O) groups is 1. The van der Waals surface area contributed by atoms with Crippen molar-refractivity contribution in [2.45, 2.75) is 26.8 Å². The highest BCUT2D eigenvalue weighted by atomic mass is 16.5. The Kier molecular flexibility index (Phi) is 7.23. The third kappa shape index (κ3) is 6.26. The summed E-state index contributed by atoms with van der Waals surface area (Å²) in [6, 6.07) is 7.59. The second-order valence-corrected chi connectivity index (χ2v) is 4.78. The monoisotopic (exact) mass is 275 g/mol. The smallest absolute Gasteiger partial charge is 0.407 e. The molecule has 1 rings (SSSR count). The molecule has 0 aliphatic heterocycles. The second-order valence-electron chi connectivity index (χ2n) is 4.78. The van der Waals surface area contributed by atoms with E-state index in [2.05, 4.69) is 17.2 Å². The standard InChI is InChI=1S/C16H21NO3/c1-13(2)12-20-16(19)17-11-15-9-4-3-7-14(15)8-5-6-10-18/h3-4,7,9,13,18H,6,10-12H2,1-2H3,(H,17,19). The van der Waals surface area contributed by atoms with Crippen molar-refractivity contribution < 1.29 is 14.6 Å². The van der Waals surface area contributed by atoms with Crippen LogP contribution in [0.2, 0.25) is 0 Å². The highest BCUT2D eigenvalue weighted by molar-refractivity contribution is 5.67.